The lowest BCUT2D eigenvalue weighted by Crippen LogP contribution is -2.41. The van der Waals surface area contributed by atoms with E-state index >= 15 is 0 Å². The molecule has 4 heterocycles. The molecule has 1 aliphatic heterocycles. The number of fused-ring (bicyclic) bond motifs is 1. The normalized spacial score (nSPS) is 16.3. The van der Waals surface area contributed by atoms with E-state index < -0.39 is 0 Å². The monoisotopic (exact) mass is 447 g/mol. The van der Waals surface area contributed by atoms with E-state index in [2.05, 4.69) is 20.1 Å². The number of nitrogens with zero attached hydrogens (tertiary/aromatic N) is 4. The van der Waals surface area contributed by atoms with Gasteiger partial charge in [0.25, 0.3) is 5.56 Å². The fraction of sp³-hybridized carbons (Fsp3) is 0.550. The van der Waals surface area contributed by atoms with Crippen LogP contribution in [0.3, 0.4) is 0 Å². The fourth-order valence-electron chi connectivity index (χ4n) is 3.73. The van der Waals surface area contributed by atoms with Crippen molar-refractivity contribution in [3.8, 4) is 0 Å². The zero-order valence-corrected chi connectivity index (χ0v) is 19.2. The predicted octanol–water partition coefficient (Wildman–Crippen LogP) is 3.32. The van der Waals surface area contributed by atoms with Gasteiger partial charge in [-0.25, -0.2) is 4.98 Å². The summed E-state index contributed by atoms with van der Waals surface area (Å²) in [5, 5.41) is 4.33. The van der Waals surface area contributed by atoms with Crippen molar-refractivity contribution in [2.45, 2.75) is 57.5 Å². The zero-order chi connectivity index (χ0) is 21.4. The molecule has 30 heavy (non-hydrogen) atoms. The summed E-state index contributed by atoms with van der Waals surface area (Å²) in [6.45, 7) is 9.04. The lowest BCUT2D eigenvalue weighted by molar-refractivity contribution is -0.131. The Morgan fingerprint density at radius 3 is 2.70 bits per heavy atom. The molecule has 1 aliphatic rings. The summed E-state index contributed by atoms with van der Waals surface area (Å²) in [6.07, 6.45) is 1.65. The van der Waals surface area contributed by atoms with Crippen molar-refractivity contribution in [2.24, 2.45) is 0 Å². The largest absolute Gasteiger partial charge is 0.342 e. The van der Waals surface area contributed by atoms with E-state index in [1.807, 2.05) is 32.6 Å². The topological polar surface area (TPSA) is 105 Å². The van der Waals surface area contributed by atoms with Crippen LogP contribution in [0.25, 0.3) is 10.2 Å². The first kappa shape index (κ1) is 21.0. The summed E-state index contributed by atoms with van der Waals surface area (Å²) in [6, 6.07) is 0. The molecule has 160 valence electrons. The number of hydrogen-bond donors (Lipinski definition) is 1. The number of aromatic nitrogens is 4. The second-order valence-corrected chi connectivity index (χ2v) is 10.2. The molecule has 1 unspecified atom stereocenters. The maximum absolute atomic E-state index is 12.9. The highest BCUT2D eigenvalue weighted by molar-refractivity contribution is 7.99. The molecule has 0 aliphatic carbocycles. The van der Waals surface area contributed by atoms with Crippen LogP contribution < -0.4 is 5.56 Å². The van der Waals surface area contributed by atoms with Crippen LogP contribution in [-0.2, 0) is 10.5 Å². The number of H-pyrrole nitrogens is 1. The van der Waals surface area contributed by atoms with E-state index in [0.717, 1.165) is 28.1 Å². The van der Waals surface area contributed by atoms with E-state index in [4.69, 9.17) is 4.52 Å². The van der Waals surface area contributed by atoms with Gasteiger partial charge in [0.15, 0.2) is 5.82 Å². The Kier molecular flexibility index (Phi) is 5.97. The first-order valence-corrected chi connectivity index (χ1v) is 11.9. The lowest BCUT2D eigenvalue weighted by atomic mass is 9.96. The molecular formula is C20H25N5O3S2. The SMILES string of the molecule is Cc1noc(C2CCN(C(=O)C(C)SCc3nc4sc(C)c(C)c4c(=O)[nH]3)CC2)n1. The summed E-state index contributed by atoms with van der Waals surface area (Å²) in [7, 11) is 0. The number of carbonyl (C=O) groups is 1. The van der Waals surface area contributed by atoms with E-state index in [0.29, 0.717) is 41.8 Å². The molecule has 1 N–H and O–H groups in total. The minimum absolute atomic E-state index is 0.102. The number of thiophene rings is 1. The minimum atomic E-state index is -0.208. The highest BCUT2D eigenvalue weighted by atomic mass is 32.2. The van der Waals surface area contributed by atoms with Gasteiger partial charge < -0.3 is 14.4 Å². The third-order valence-corrected chi connectivity index (χ3v) is 7.85. The predicted molar refractivity (Wildman–Crippen MR) is 118 cm³/mol. The van der Waals surface area contributed by atoms with Crippen molar-refractivity contribution in [3.63, 3.8) is 0 Å². The molecule has 3 aromatic heterocycles. The summed E-state index contributed by atoms with van der Waals surface area (Å²) in [4.78, 5) is 40.8. The lowest BCUT2D eigenvalue weighted by Gasteiger charge is -2.32. The number of nitrogens with one attached hydrogen (secondary N) is 1. The molecule has 8 nitrogen and oxygen atoms in total. The number of rotatable bonds is 5. The number of aryl methyl sites for hydroxylation is 3. The van der Waals surface area contributed by atoms with E-state index in [9.17, 15) is 9.59 Å². The van der Waals surface area contributed by atoms with E-state index in [-0.39, 0.29) is 22.6 Å². The average molecular weight is 448 g/mol. The number of thioether (sulfide) groups is 1. The summed E-state index contributed by atoms with van der Waals surface area (Å²) in [5.74, 6) is 2.76. The highest BCUT2D eigenvalue weighted by Gasteiger charge is 2.29. The summed E-state index contributed by atoms with van der Waals surface area (Å²) in [5.41, 5.74) is 0.889. The van der Waals surface area contributed by atoms with E-state index in [1.54, 1.807) is 0 Å². The van der Waals surface area contributed by atoms with Gasteiger partial charge in [-0.15, -0.1) is 23.1 Å². The molecular weight excluding hydrogens is 422 g/mol. The van der Waals surface area contributed by atoms with Gasteiger partial charge in [-0.3, -0.25) is 9.59 Å². The smallest absolute Gasteiger partial charge is 0.259 e. The van der Waals surface area contributed by atoms with Crippen molar-refractivity contribution in [1.82, 2.24) is 25.0 Å². The molecule has 0 bridgehead atoms. The van der Waals surface area contributed by atoms with Crippen LogP contribution >= 0.6 is 23.1 Å². The van der Waals surface area contributed by atoms with Gasteiger partial charge in [-0.05, 0) is 46.1 Å². The fourth-order valence-corrected chi connectivity index (χ4v) is 5.61. The van der Waals surface area contributed by atoms with Crippen molar-refractivity contribution < 1.29 is 9.32 Å². The van der Waals surface area contributed by atoms with Gasteiger partial charge in [0, 0.05) is 23.9 Å². The zero-order valence-electron chi connectivity index (χ0n) is 17.5. The Morgan fingerprint density at radius 2 is 2.03 bits per heavy atom. The molecule has 3 aromatic rings. The summed E-state index contributed by atoms with van der Waals surface area (Å²) < 4.78 is 5.28. The number of carbonyl (C=O) groups excluding carboxylic acids is 1. The third-order valence-electron chi connectivity index (χ3n) is 5.61. The summed E-state index contributed by atoms with van der Waals surface area (Å²) >= 11 is 3.04. The van der Waals surface area contributed by atoms with Crippen LogP contribution in [0.5, 0.6) is 0 Å². The second kappa shape index (κ2) is 8.50. The molecule has 0 aromatic carbocycles. The van der Waals surface area contributed by atoms with Gasteiger partial charge in [-0.2, -0.15) is 4.98 Å². The van der Waals surface area contributed by atoms with Crippen molar-refractivity contribution >= 4 is 39.2 Å². The number of likely N-dealkylation sites (tertiary alicyclic amines) is 1. The Bertz CT molecular complexity index is 1130. The molecule has 1 fully saturated rings. The highest BCUT2D eigenvalue weighted by Crippen LogP contribution is 2.29. The van der Waals surface area contributed by atoms with E-state index in [1.165, 1.54) is 23.1 Å². The number of aromatic amines is 1. The molecule has 1 atom stereocenters. The average Bonchev–Trinajstić information content (AvgIpc) is 3.29. The Hall–Kier alpha value is -2.20. The quantitative estimate of drug-likeness (QED) is 0.639. The molecule has 0 saturated carbocycles. The van der Waals surface area contributed by atoms with Crippen molar-refractivity contribution in [3.05, 3.63) is 38.3 Å². The molecule has 0 radical (unpaired) electrons. The molecule has 10 heteroatoms. The van der Waals surface area contributed by atoms with Gasteiger partial charge in [-0.1, -0.05) is 5.16 Å². The van der Waals surface area contributed by atoms with Gasteiger partial charge in [0.2, 0.25) is 11.8 Å². The number of hydrogen-bond acceptors (Lipinski definition) is 8. The van der Waals surface area contributed by atoms with Crippen LogP contribution in [0, 0.1) is 20.8 Å². The second-order valence-electron chi connectivity index (χ2n) is 7.71. The molecule has 4 rings (SSSR count). The Labute approximate surface area is 182 Å². The standard InChI is InChI=1S/C20H25N5O3S2/c1-10-11(2)30-19-16(10)17(26)22-15(23-19)9-29-12(3)20(27)25-7-5-14(6-8-25)18-21-13(4)24-28-18/h12,14H,5-9H2,1-4H3,(H,22,23,26). The minimum Gasteiger partial charge on any atom is -0.342 e. The third kappa shape index (κ3) is 4.15. The first-order valence-electron chi connectivity index (χ1n) is 10.0. The maximum atomic E-state index is 12.9. The van der Waals surface area contributed by atoms with Gasteiger partial charge in [0.05, 0.1) is 16.4 Å². The van der Waals surface area contributed by atoms with Crippen molar-refractivity contribution in [1.29, 1.82) is 0 Å². The van der Waals surface area contributed by atoms with Gasteiger partial charge in [0.1, 0.15) is 10.7 Å². The number of amides is 1. The number of piperidine rings is 1. The van der Waals surface area contributed by atoms with Crippen LogP contribution in [0.4, 0.5) is 0 Å². The van der Waals surface area contributed by atoms with Crippen LogP contribution in [-0.4, -0.2) is 49.3 Å². The first-order chi connectivity index (χ1) is 14.3. The van der Waals surface area contributed by atoms with Gasteiger partial charge >= 0.3 is 0 Å². The van der Waals surface area contributed by atoms with Crippen LogP contribution in [0.15, 0.2) is 9.32 Å². The van der Waals surface area contributed by atoms with Crippen LogP contribution in [0.1, 0.15) is 53.7 Å². The maximum Gasteiger partial charge on any atom is 0.259 e. The molecule has 0 spiro atoms. The Morgan fingerprint density at radius 1 is 1.30 bits per heavy atom. The Balaban J connectivity index is 1.34. The molecule has 1 saturated heterocycles. The van der Waals surface area contributed by atoms with Crippen molar-refractivity contribution in [2.75, 3.05) is 13.1 Å². The molecule has 1 amide bonds. The van der Waals surface area contributed by atoms with Crippen LogP contribution in [0.2, 0.25) is 0 Å².